The predicted molar refractivity (Wildman–Crippen MR) is 85.9 cm³/mol. The number of nitrogens with zero attached hydrogens (tertiary/aromatic N) is 1. The van der Waals surface area contributed by atoms with Crippen molar-refractivity contribution in [1.29, 1.82) is 0 Å². The molecule has 0 aliphatic carbocycles. The summed E-state index contributed by atoms with van der Waals surface area (Å²) in [6.07, 6.45) is 4.06. The summed E-state index contributed by atoms with van der Waals surface area (Å²) in [5.41, 5.74) is 12.6. The molecule has 0 amide bonds. The van der Waals surface area contributed by atoms with Crippen LogP contribution in [0.3, 0.4) is 0 Å². The maximum Gasteiger partial charge on any atom is 0.149 e. The summed E-state index contributed by atoms with van der Waals surface area (Å²) < 4.78 is 0. The Labute approximate surface area is 121 Å². The SMILES string of the molecule is CCC[NH+](C)CCCNCCNc1ncc(N)cc1N. The monoisotopic (exact) mass is 281 g/mol. The van der Waals surface area contributed by atoms with Gasteiger partial charge < -0.3 is 27.0 Å². The zero-order valence-electron chi connectivity index (χ0n) is 12.7. The first kappa shape index (κ1) is 16.5. The van der Waals surface area contributed by atoms with Gasteiger partial charge in [-0.1, -0.05) is 6.92 Å². The van der Waals surface area contributed by atoms with Crippen LogP contribution in [0.1, 0.15) is 19.8 Å². The maximum absolute atomic E-state index is 5.82. The molecule has 0 radical (unpaired) electrons. The highest BCUT2D eigenvalue weighted by Crippen LogP contribution is 2.16. The fraction of sp³-hybridized carbons (Fsp3) is 0.643. The van der Waals surface area contributed by atoms with Gasteiger partial charge in [0.2, 0.25) is 0 Å². The van der Waals surface area contributed by atoms with Gasteiger partial charge in [0, 0.05) is 26.1 Å². The molecule has 114 valence electrons. The van der Waals surface area contributed by atoms with Crippen LogP contribution in [0.5, 0.6) is 0 Å². The second-order valence-electron chi connectivity index (χ2n) is 5.19. The van der Waals surface area contributed by atoms with Crippen molar-refractivity contribution in [2.75, 3.05) is 56.6 Å². The molecule has 0 aromatic carbocycles. The van der Waals surface area contributed by atoms with Gasteiger partial charge in [-0.05, 0) is 12.5 Å². The third-order valence-corrected chi connectivity index (χ3v) is 3.17. The van der Waals surface area contributed by atoms with Crippen LogP contribution in [0.15, 0.2) is 12.3 Å². The molecule has 1 rings (SSSR count). The third kappa shape index (κ3) is 6.58. The average Bonchev–Trinajstić information content (AvgIpc) is 2.40. The zero-order valence-corrected chi connectivity index (χ0v) is 12.7. The Morgan fingerprint density at radius 3 is 2.70 bits per heavy atom. The largest absolute Gasteiger partial charge is 0.397 e. The van der Waals surface area contributed by atoms with Crippen LogP contribution >= 0.6 is 0 Å². The lowest BCUT2D eigenvalue weighted by Crippen LogP contribution is -3.09. The number of hydrogen-bond donors (Lipinski definition) is 5. The van der Waals surface area contributed by atoms with E-state index in [1.807, 2.05) is 0 Å². The number of rotatable bonds is 10. The summed E-state index contributed by atoms with van der Waals surface area (Å²) >= 11 is 0. The van der Waals surface area contributed by atoms with E-state index in [-0.39, 0.29) is 0 Å². The van der Waals surface area contributed by atoms with Crippen LogP contribution in [0.2, 0.25) is 0 Å². The number of aromatic nitrogens is 1. The summed E-state index contributed by atoms with van der Waals surface area (Å²) in [5.74, 6) is 0.702. The topological polar surface area (TPSA) is 93.4 Å². The molecule has 0 bridgehead atoms. The standard InChI is InChI=1S/C14H28N6/c1-3-8-20(2)9-4-5-17-6-7-18-14-13(16)10-12(15)11-19-14/h10-11,17H,3-9,15-16H2,1-2H3,(H,18,19)/p+1. The highest BCUT2D eigenvalue weighted by Gasteiger charge is 2.01. The lowest BCUT2D eigenvalue weighted by Gasteiger charge is -2.13. The fourth-order valence-electron chi connectivity index (χ4n) is 2.11. The van der Waals surface area contributed by atoms with Crippen molar-refractivity contribution >= 4 is 17.2 Å². The Balaban J connectivity index is 2.05. The van der Waals surface area contributed by atoms with E-state index in [9.17, 15) is 0 Å². The number of nitrogen functional groups attached to an aromatic ring is 2. The minimum Gasteiger partial charge on any atom is -0.397 e. The number of anilines is 3. The Hall–Kier alpha value is -1.53. The fourth-order valence-corrected chi connectivity index (χ4v) is 2.11. The van der Waals surface area contributed by atoms with E-state index < -0.39 is 0 Å². The molecule has 0 aliphatic heterocycles. The third-order valence-electron chi connectivity index (χ3n) is 3.17. The van der Waals surface area contributed by atoms with Gasteiger partial charge in [-0.2, -0.15) is 0 Å². The molecule has 0 saturated heterocycles. The van der Waals surface area contributed by atoms with E-state index >= 15 is 0 Å². The van der Waals surface area contributed by atoms with Gasteiger partial charge >= 0.3 is 0 Å². The number of nitrogens with two attached hydrogens (primary N) is 2. The molecule has 0 aliphatic rings. The molecule has 20 heavy (non-hydrogen) atoms. The van der Waals surface area contributed by atoms with Gasteiger partial charge in [0.25, 0.3) is 0 Å². The van der Waals surface area contributed by atoms with Crippen molar-refractivity contribution in [2.24, 2.45) is 0 Å². The van der Waals surface area contributed by atoms with E-state index in [1.165, 1.54) is 25.9 Å². The highest BCUT2D eigenvalue weighted by molar-refractivity contribution is 5.65. The smallest absolute Gasteiger partial charge is 0.149 e. The quantitative estimate of drug-likeness (QED) is 0.375. The van der Waals surface area contributed by atoms with Crippen LogP contribution in [-0.4, -0.2) is 44.8 Å². The second-order valence-corrected chi connectivity index (χ2v) is 5.19. The summed E-state index contributed by atoms with van der Waals surface area (Å²) in [6, 6.07) is 1.72. The van der Waals surface area contributed by atoms with Gasteiger partial charge in [-0.25, -0.2) is 4.98 Å². The van der Waals surface area contributed by atoms with Crippen LogP contribution in [0, 0.1) is 0 Å². The van der Waals surface area contributed by atoms with Gasteiger partial charge in [0.1, 0.15) is 5.82 Å². The Morgan fingerprint density at radius 2 is 2.00 bits per heavy atom. The molecular formula is C14H29N6+. The van der Waals surface area contributed by atoms with Crippen molar-refractivity contribution in [3.05, 3.63) is 12.3 Å². The minimum absolute atomic E-state index is 0.588. The Kier molecular flexibility index (Phi) is 7.75. The highest BCUT2D eigenvalue weighted by atomic mass is 15.1. The van der Waals surface area contributed by atoms with Crippen molar-refractivity contribution in [3.63, 3.8) is 0 Å². The van der Waals surface area contributed by atoms with Crippen LogP contribution in [0.4, 0.5) is 17.2 Å². The van der Waals surface area contributed by atoms with E-state index in [2.05, 4.69) is 29.6 Å². The molecular weight excluding hydrogens is 252 g/mol. The first-order chi connectivity index (χ1) is 9.63. The first-order valence-electron chi connectivity index (χ1n) is 7.40. The predicted octanol–water partition coefficient (Wildman–Crippen LogP) is -0.438. The second kappa shape index (κ2) is 9.39. The van der Waals surface area contributed by atoms with Gasteiger partial charge in [0.05, 0.1) is 37.7 Å². The lowest BCUT2D eigenvalue weighted by atomic mass is 10.3. The summed E-state index contributed by atoms with van der Waals surface area (Å²) in [4.78, 5) is 5.77. The molecule has 1 heterocycles. The van der Waals surface area contributed by atoms with E-state index in [0.29, 0.717) is 17.2 Å². The Bertz CT molecular complexity index is 382. The van der Waals surface area contributed by atoms with E-state index in [1.54, 1.807) is 17.2 Å². The number of pyridine rings is 1. The van der Waals surface area contributed by atoms with Crippen molar-refractivity contribution in [3.8, 4) is 0 Å². The van der Waals surface area contributed by atoms with Crippen molar-refractivity contribution in [2.45, 2.75) is 19.8 Å². The molecule has 1 atom stereocenters. The van der Waals surface area contributed by atoms with Crippen LogP contribution in [-0.2, 0) is 0 Å². The van der Waals surface area contributed by atoms with Gasteiger partial charge in [-0.15, -0.1) is 0 Å². The number of quaternary nitrogens is 1. The van der Waals surface area contributed by atoms with Crippen molar-refractivity contribution < 1.29 is 4.90 Å². The normalized spacial score (nSPS) is 12.3. The van der Waals surface area contributed by atoms with Crippen LogP contribution < -0.4 is 27.0 Å². The molecule has 0 fully saturated rings. The first-order valence-corrected chi connectivity index (χ1v) is 7.40. The average molecular weight is 281 g/mol. The van der Waals surface area contributed by atoms with Crippen LogP contribution in [0.25, 0.3) is 0 Å². The summed E-state index contributed by atoms with van der Waals surface area (Å²) in [5, 5.41) is 6.62. The molecule has 1 aromatic rings. The minimum atomic E-state index is 0.588. The zero-order chi connectivity index (χ0) is 14.8. The maximum atomic E-state index is 5.82. The molecule has 6 nitrogen and oxygen atoms in total. The Morgan fingerprint density at radius 1 is 1.20 bits per heavy atom. The molecule has 0 saturated carbocycles. The molecule has 6 heteroatoms. The summed E-state index contributed by atoms with van der Waals surface area (Å²) in [7, 11) is 2.25. The number of nitrogens with one attached hydrogen (secondary N) is 3. The van der Waals surface area contributed by atoms with E-state index in [4.69, 9.17) is 11.5 Å². The van der Waals surface area contributed by atoms with Gasteiger partial charge in [0.15, 0.2) is 0 Å². The van der Waals surface area contributed by atoms with E-state index in [0.717, 1.165) is 19.6 Å². The van der Waals surface area contributed by atoms with Crippen molar-refractivity contribution in [1.82, 2.24) is 10.3 Å². The molecule has 0 spiro atoms. The van der Waals surface area contributed by atoms with Gasteiger partial charge in [-0.3, -0.25) is 0 Å². The lowest BCUT2D eigenvalue weighted by molar-refractivity contribution is -0.879. The number of hydrogen-bond acceptors (Lipinski definition) is 5. The molecule has 1 unspecified atom stereocenters. The molecule has 1 aromatic heterocycles. The summed E-state index contributed by atoms with van der Waals surface area (Å²) in [6.45, 7) is 7.46. The molecule has 7 N–H and O–H groups in total.